The zero-order valence-corrected chi connectivity index (χ0v) is 14.6. The average molecular weight is 347 g/mol. The molecule has 2 aliphatic heterocycles. The minimum Gasteiger partial charge on any atom is -0.319 e. The Kier molecular flexibility index (Phi) is 4.55. The summed E-state index contributed by atoms with van der Waals surface area (Å²) in [6.45, 7) is 3.43. The van der Waals surface area contributed by atoms with E-state index >= 15 is 0 Å². The second kappa shape index (κ2) is 7.14. The van der Waals surface area contributed by atoms with Crippen molar-refractivity contribution in [2.24, 2.45) is 5.92 Å². The van der Waals surface area contributed by atoms with Crippen LogP contribution in [0.4, 0.5) is 16.2 Å². The van der Waals surface area contributed by atoms with E-state index in [1.807, 2.05) is 23.1 Å². The number of carbonyl (C=O) groups excluding carboxylic acids is 1. The molecule has 4 rings (SSSR count). The molecule has 2 aromatic rings. The van der Waals surface area contributed by atoms with Gasteiger partial charge in [0.05, 0.1) is 11.4 Å². The monoisotopic (exact) mass is 347 g/mol. The first-order valence-electron chi connectivity index (χ1n) is 9.00. The maximum absolute atomic E-state index is 13.3. The third kappa shape index (κ3) is 3.14. The van der Waals surface area contributed by atoms with Gasteiger partial charge in [-0.1, -0.05) is 18.2 Å². The van der Waals surface area contributed by atoms with Crippen LogP contribution in [0.15, 0.2) is 42.6 Å². The van der Waals surface area contributed by atoms with Crippen molar-refractivity contribution in [2.75, 3.05) is 24.5 Å². The third-order valence-corrected chi connectivity index (χ3v) is 5.11. The molecule has 1 aromatic heterocycles. The van der Waals surface area contributed by atoms with Crippen molar-refractivity contribution in [1.29, 1.82) is 5.26 Å². The Morgan fingerprint density at radius 2 is 2.04 bits per heavy atom. The number of benzene rings is 1. The number of nitrogens with zero attached hydrogens (tertiary/aromatic N) is 4. The van der Waals surface area contributed by atoms with Gasteiger partial charge in [-0.3, -0.25) is 4.90 Å². The lowest BCUT2D eigenvalue weighted by atomic mass is 9.96. The topological polar surface area (TPSA) is 72.3 Å². The number of urea groups is 1. The highest BCUT2D eigenvalue weighted by Crippen LogP contribution is 2.35. The first kappa shape index (κ1) is 16.6. The summed E-state index contributed by atoms with van der Waals surface area (Å²) in [5.74, 6) is 0.527. The molecule has 6 heteroatoms. The number of carbonyl (C=O) groups is 1. The maximum Gasteiger partial charge on any atom is 0.329 e. The smallest absolute Gasteiger partial charge is 0.319 e. The minimum absolute atomic E-state index is 0.0303. The Balaban J connectivity index is 1.69. The molecule has 0 atom stereocenters. The number of nitriles is 1. The molecule has 26 heavy (non-hydrogen) atoms. The highest BCUT2D eigenvalue weighted by Gasteiger charge is 2.32. The third-order valence-electron chi connectivity index (χ3n) is 5.11. The lowest BCUT2D eigenvalue weighted by Crippen LogP contribution is -2.47. The van der Waals surface area contributed by atoms with E-state index < -0.39 is 0 Å². The number of aromatic nitrogens is 1. The van der Waals surface area contributed by atoms with Gasteiger partial charge in [-0.15, -0.1) is 0 Å². The Labute approximate surface area is 153 Å². The second-order valence-corrected chi connectivity index (χ2v) is 6.83. The van der Waals surface area contributed by atoms with Gasteiger partial charge in [-0.25, -0.2) is 9.78 Å². The number of hydrogen-bond acceptors (Lipinski definition) is 4. The van der Waals surface area contributed by atoms with Crippen LogP contribution >= 0.6 is 0 Å². The van der Waals surface area contributed by atoms with Crippen LogP contribution in [0.3, 0.4) is 0 Å². The average Bonchev–Trinajstić information content (AvgIpc) is 2.69. The normalized spacial score (nSPS) is 17.7. The van der Waals surface area contributed by atoms with Gasteiger partial charge in [0, 0.05) is 19.3 Å². The molecule has 0 bridgehead atoms. The molecular weight excluding hydrogens is 326 g/mol. The quantitative estimate of drug-likeness (QED) is 0.926. The molecule has 1 aromatic carbocycles. The molecule has 0 spiro atoms. The number of fused-ring (bicyclic) bond motifs is 1. The minimum atomic E-state index is -0.0303. The van der Waals surface area contributed by atoms with Crippen molar-refractivity contribution in [3.05, 3.63) is 53.9 Å². The maximum atomic E-state index is 13.3. The molecular formula is C20H21N5O. The van der Waals surface area contributed by atoms with E-state index in [-0.39, 0.29) is 6.03 Å². The van der Waals surface area contributed by atoms with Crippen LogP contribution in [0.25, 0.3) is 0 Å². The summed E-state index contributed by atoms with van der Waals surface area (Å²) in [6.07, 6.45) is 3.77. The Morgan fingerprint density at radius 1 is 1.23 bits per heavy atom. The van der Waals surface area contributed by atoms with Gasteiger partial charge < -0.3 is 10.2 Å². The van der Waals surface area contributed by atoms with Crippen molar-refractivity contribution >= 4 is 17.4 Å². The summed E-state index contributed by atoms with van der Waals surface area (Å²) >= 11 is 0. The van der Waals surface area contributed by atoms with Crippen molar-refractivity contribution in [2.45, 2.75) is 19.4 Å². The van der Waals surface area contributed by atoms with Crippen molar-refractivity contribution < 1.29 is 4.79 Å². The van der Waals surface area contributed by atoms with Crippen molar-refractivity contribution in [3.8, 4) is 6.07 Å². The van der Waals surface area contributed by atoms with Gasteiger partial charge in [0.2, 0.25) is 0 Å². The lowest BCUT2D eigenvalue weighted by Gasteiger charge is -2.39. The van der Waals surface area contributed by atoms with Gasteiger partial charge in [-0.2, -0.15) is 5.26 Å². The zero-order valence-electron chi connectivity index (χ0n) is 14.6. The Bertz CT molecular complexity index is 853. The fraction of sp³-hybridized carbons (Fsp3) is 0.350. The number of amides is 2. The summed E-state index contributed by atoms with van der Waals surface area (Å²) in [7, 11) is 0. The van der Waals surface area contributed by atoms with Gasteiger partial charge in [-0.05, 0) is 55.6 Å². The SMILES string of the molecule is N#Cc1cc(N2C(=O)N(CC3CCNCC3)Cc3ccccc32)ccn1. The molecule has 0 unspecified atom stereocenters. The highest BCUT2D eigenvalue weighted by atomic mass is 16.2. The van der Waals surface area contributed by atoms with Crippen LogP contribution in [0.1, 0.15) is 24.1 Å². The molecule has 2 amide bonds. The van der Waals surface area contributed by atoms with Crippen LogP contribution in [0, 0.1) is 17.2 Å². The van der Waals surface area contributed by atoms with E-state index in [1.165, 1.54) is 0 Å². The lowest BCUT2D eigenvalue weighted by molar-refractivity contribution is 0.182. The number of hydrogen-bond donors (Lipinski definition) is 1. The van der Waals surface area contributed by atoms with Crippen LogP contribution in [0.5, 0.6) is 0 Å². The van der Waals surface area contributed by atoms with Gasteiger partial charge in [0.25, 0.3) is 0 Å². The second-order valence-electron chi connectivity index (χ2n) is 6.83. The molecule has 132 valence electrons. The van der Waals surface area contributed by atoms with Crippen LogP contribution in [-0.2, 0) is 6.54 Å². The molecule has 2 aliphatic rings. The number of anilines is 2. The summed E-state index contributed by atoms with van der Waals surface area (Å²) < 4.78 is 0. The first-order chi connectivity index (χ1) is 12.8. The first-order valence-corrected chi connectivity index (χ1v) is 9.00. The summed E-state index contributed by atoms with van der Waals surface area (Å²) in [5.41, 5.74) is 3.00. The van der Waals surface area contributed by atoms with E-state index in [0.29, 0.717) is 23.8 Å². The van der Waals surface area contributed by atoms with E-state index in [0.717, 1.165) is 43.7 Å². The Morgan fingerprint density at radius 3 is 2.85 bits per heavy atom. The molecule has 1 saturated heterocycles. The van der Waals surface area contributed by atoms with Crippen LogP contribution in [0.2, 0.25) is 0 Å². The van der Waals surface area contributed by atoms with Gasteiger partial charge in [0.15, 0.2) is 0 Å². The van der Waals surface area contributed by atoms with E-state index in [9.17, 15) is 4.79 Å². The summed E-state index contributed by atoms with van der Waals surface area (Å²) in [5, 5.41) is 12.5. The number of pyridine rings is 1. The molecule has 0 saturated carbocycles. The predicted molar refractivity (Wildman–Crippen MR) is 98.9 cm³/mol. The fourth-order valence-electron chi connectivity index (χ4n) is 3.77. The van der Waals surface area contributed by atoms with E-state index in [2.05, 4.69) is 22.4 Å². The van der Waals surface area contributed by atoms with Crippen LogP contribution in [-0.4, -0.2) is 35.5 Å². The standard InChI is InChI=1S/C20H21N5O/c21-12-17-11-18(7-10-23-17)25-19-4-2-1-3-16(19)14-24(20(25)26)13-15-5-8-22-9-6-15/h1-4,7,10-11,15,22H,5-6,8-9,13-14H2. The predicted octanol–water partition coefficient (Wildman–Crippen LogP) is 3.03. The number of rotatable bonds is 3. The Hall–Kier alpha value is -2.91. The van der Waals surface area contributed by atoms with Crippen molar-refractivity contribution in [3.63, 3.8) is 0 Å². The molecule has 1 fully saturated rings. The zero-order chi connectivity index (χ0) is 17.9. The summed E-state index contributed by atoms with van der Waals surface area (Å²) in [4.78, 5) is 21.0. The number of para-hydroxylation sites is 1. The molecule has 1 N–H and O–H groups in total. The fourth-order valence-corrected chi connectivity index (χ4v) is 3.77. The van der Waals surface area contributed by atoms with Crippen LogP contribution < -0.4 is 10.2 Å². The molecule has 3 heterocycles. The van der Waals surface area contributed by atoms with Gasteiger partial charge >= 0.3 is 6.03 Å². The summed E-state index contributed by atoms with van der Waals surface area (Å²) in [6, 6.07) is 13.4. The van der Waals surface area contributed by atoms with Gasteiger partial charge in [0.1, 0.15) is 11.8 Å². The molecule has 6 nitrogen and oxygen atoms in total. The van der Waals surface area contributed by atoms with E-state index in [4.69, 9.17) is 5.26 Å². The highest BCUT2D eigenvalue weighted by molar-refractivity contribution is 6.01. The molecule has 0 radical (unpaired) electrons. The molecule has 0 aliphatic carbocycles. The van der Waals surface area contributed by atoms with Crippen molar-refractivity contribution in [1.82, 2.24) is 15.2 Å². The number of piperidine rings is 1. The largest absolute Gasteiger partial charge is 0.329 e. The van der Waals surface area contributed by atoms with E-state index in [1.54, 1.807) is 23.2 Å². The number of nitrogens with one attached hydrogen (secondary N) is 1.